The summed E-state index contributed by atoms with van der Waals surface area (Å²) in [5, 5.41) is 8.53. The van der Waals surface area contributed by atoms with Gasteiger partial charge in [0, 0.05) is 13.1 Å². The third-order valence-electron chi connectivity index (χ3n) is 4.02. The first-order valence-electron chi connectivity index (χ1n) is 5.84. The summed E-state index contributed by atoms with van der Waals surface area (Å²) in [7, 11) is 0. The Bertz CT molecular complexity index is 625. The number of alkyl halides is 2. The predicted octanol–water partition coefficient (Wildman–Crippen LogP) is 2.92. The lowest BCUT2D eigenvalue weighted by Crippen LogP contribution is -2.27. The summed E-state index contributed by atoms with van der Waals surface area (Å²) in [4.78, 5) is 1.90. The Hall–Kier alpha value is -1.36. The van der Waals surface area contributed by atoms with E-state index in [1.165, 1.54) is 0 Å². The number of benzene rings is 1. The highest BCUT2D eigenvalue weighted by atomic mass is 35.5. The van der Waals surface area contributed by atoms with Gasteiger partial charge in [-0.25, -0.2) is 8.78 Å². The maximum atomic E-state index is 13.2. The van der Waals surface area contributed by atoms with Crippen LogP contribution in [-0.2, 0) is 0 Å². The van der Waals surface area contributed by atoms with E-state index in [0.29, 0.717) is 23.9 Å². The zero-order valence-electron chi connectivity index (χ0n) is 9.33. The lowest BCUT2D eigenvalue weighted by atomic mass is 10.2. The summed E-state index contributed by atoms with van der Waals surface area (Å²) in [5.74, 6) is -2.79. The number of piperidine rings is 1. The summed E-state index contributed by atoms with van der Waals surface area (Å²) < 4.78 is 26.3. The van der Waals surface area contributed by atoms with E-state index in [2.05, 4.69) is 10.2 Å². The molecule has 2 aliphatic rings. The van der Waals surface area contributed by atoms with Gasteiger partial charge in [0.1, 0.15) is 0 Å². The molecular weight excluding hydrogens is 260 g/mol. The Morgan fingerprint density at radius 2 is 2.06 bits per heavy atom. The molecule has 1 saturated heterocycles. The molecule has 6 heteroatoms. The minimum absolute atomic E-state index is 0.364. The van der Waals surface area contributed by atoms with Crippen molar-refractivity contribution < 1.29 is 8.78 Å². The Kier molecular flexibility index (Phi) is 1.84. The van der Waals surface area contributed by atoms with Gasteiger partial charge in [-0.3, -0.25) is 5.10 Å². The average Bonchev–Trinajstić information content (AvgIpc) is 2.80. The zero-order chi connectivity index (χ0) is 12.5. The third-order valence-corrected chi connectivity index (χ3v) is 4.33. The van der Waals surface area contributed by atoms with Crippen molar-refractivity contribution in [2.75, 3.05) is 18.0 Å². The molecule has 1 saturated carbocycles. The lowest BCUT2D eigenvalue weighted by Gasteiger charge is -2.19. The minimum atomic E-state index is -2.47. The molecular formula is C12H10ClF2N3. The second-order valence-electron chi connectivity index (χ2n) is 5.00. The summed E-state index contributed by atoms with van der Waals surface area (Å²) >= 11 is 6.15. The van der Waals surface area contributed by atoms with Gasteiger partial charge in [-0.1, -0.05) is 17.7 Å². The number of nitrogens with one attached hydrogen (secondary N) is 1. The quantitative estimate of drug-likeness (QED) is 0.863. The van der Waals surface area contributed by atoms with Crippen LogP contribution in [0.25, 0.3) is 10.9 Å². The third kappa shape index (κ3) is 1.20. The Morgan fingerprint density at radius 1 is 1.33 bits per heavy atom. The normalized spacial score (nSPS) is 28.7. The predicted molar refractivity (Wildman–Crippen MR) is 65.2 cm³/mol. The van der Waals surface area contributed by atoms with Crippen LogP contribution in [0.2, 0.25) is 5.02 Å². The van der Waals surface area contributed by atoms with E-state index in [9.17, 15) is 8.78 Å². The Balaban J connectivity index is 1.73. The molecule has 1 aliphatic carbocycles. The summed E-state index contributed by atoms with van der Waals surface area (Å²) in [6.07, 6.45) is 0. The molecule has 0 radical (unpaired) electrons. The average molecular weight is 270 g/mol. The second kappa shape index (κ2) is 3.15. The smallest absolute Gasteiger partial charge is 0.258 e. The molecule has 0 bridgehead atoms. The first-order chi connectivity index (χ1) is 8.59. The molecule has 2 aromatic rings. The van der Waals surface area contributed by atoms with Crippen molar-refractivity contribution in [2.24, 2.45) is 11.8 Å². The van der Waals surface area contributed by atoms with Gasteiger partial charge >= 0.3 is 0 Å². The van der Waals surface area contributed by atoms with Gasteiger partial charge in [0.05, 0.1) is 27.8 Å². The summed E-state index contributed by atoms with van der Waals surface area (Å²) in [6, 6.07) is 5.50. The number of H-pyrrole nitrogens is 1. The molecule has 18 heavy (non-hydrogen) atoms. The number of nitrogens with zero attached hydrogens (tertiary/aromatic N) is 2. The van der Waals surface area contributed by atoms with E-state index < -0.39 is 17.8 Å². The summed E-state index contributed by atoms with van der Waals surface area (Å²) in [6.45, 7) is 0.728. The fraction of sp³-hybridized carbons (Fsp3) is 0.417. The molecule has 1 aliphatic heterocycles. The summed E-state index contributed by atoms with van der Waals surface area (Å²) in [5.41, 5.74) is 0.838. The monoisotopic (exact) mass is 269 g/mol. The fourth-order valence-electron chi connectivity index (χ4n) is 2.92. The molecule has 2 atom stereocenters. The largest absolute Gasteiger partial charge is 0.354 e. The van der Waals surface area contributed by atoms with Crippen LogP contribution in [0.15, 0.2) is 18.2 Å². The number of aromatic amines is 1. The van der Waals surface area contributed by atoms with Crippen LogP contribution in [-0.4, -0.2) is 29.2 Å². The Labute approximate surface area is 107 Å². The SMILES string of the molecule is FC1(F)C2CN(c3n[nH]c4cccc(Cl)c34)CC21. The highest BCUT2D eigenvalue weighted by Gasteiger charge is 2.71. The van der Waals surface area contributed by atoms with Crippen molar-refractivity contribution in [3.63, 3.8) is 0 Å². The van der Waals surface area contributed by atoms with Crippen LogP contribution in [0.5, 0.6) is 0 Å². The maximum Gasteiger partial charge on any atom is 0.258 e. The van der Waals surface area contributed by atoms with Crippen molar-refractivity contribution in [2.45, 2.75) is 5.92 Å². The second-order valence-corrected chi connectivity index (χ2v) is 5.41. The standard InChI is InChI=1S/C12H10ClF2N3/c13-8-2-1-3-9-10(8)11(17-16-9)18-4-6-7(5-18)12(6,14)15/h1-3,6-7H,4-5H2,(H,16,17). The van der Waals surface area contributed by atoms with Crippen molar-refractivity contribution >= 4 is 28.3 Å². The lowest BCUT2D eigenvalue weighted by molar-refractivity contribution is 0.0797. The van der Waals surface area contributed by atoms with Gasteiger partial charge in [-0.15, -0.1) is 0 Å². The van der Waals surface area contributed by atoms with E-state index >= 15 is 0 Å². The molecule has 0 amide bonds. The molecule has 1 aromatic carbocycles. The van der Waals surface area contributed by atoms with E-state index in [1.807, 2.05) is 17.0 Å². The number of aromatic nitrogens is 2. The molecule has 2 heterocycles. The molecule has 2 unspecified atom stereocenters. The highest BCUT2D eigenvalue weighted by molar-refractivity contribution is 6.36. The van der Waals surface area contributed by atoms with Gasteiger partial charge in [-0.2, -0.15) is 5.10 Å². The van der Waals surface area contributed by atoms with Crippen LogP contribution in [0.3, 0.4) is 0 Å². The van der Waals surface area contributed by atoms with Gasteiger partial charge in [0.15, 0.2) is 5.82 Å². The van der Waals surface area contributed by atoms with Gasteiger partial charge in [-0.05, 0) is 12.1 Å². The van der Waals surface area contributed by atoms with Crippen LogP contribution in [0.4, 0.5) is 14.6 Å². The topological polar surface area (TPSA) is 31.9 Å². The maximum absolute atomic E-state index is 13.2. The number of rotatable bonds is 1. The van der Waals surface area contributed by atoms with Crippen molar-refractivity contribution in [3.05, 3.63) is 23.2 Å². The van der Waals surface area contributed by atoms with E-state index in [0.717, 1.165) is 10.9 Å². The fourth-order valence-corrected chi connectivity index (χ4v) is 3.18. The van der Waals surface area contributed by atoms with Crippen LogP contribution in [0.1, 0.15) is 0 Å². The van der Waals surface area contributed by atoms with Crippen LogP contribution >= 0.6 is 11.6 Å². The first-order valence-corrected chi connectivity index (χ1v) is 6.22. The number of fused-ring (bicyclic) bond motifs is 2. The van der Waals surface area contributed by atoms with Crippen LogP contribution in [0, 0.1) is 11.8 Å². The Morgan fingerprint density at radius 3 is 2.78 bits per heavy atom. The molecule has 0 spiro atoms. The van der Waals surface area contributed by atoms with Gasteiger partial charge < -0.3 is 4.90 Å². The first kappa shape index (κ1) is 10.6. The number of hydrogen-bond donors (Lipinski definition) is 1. The molecule has 2 fully saturated rings. The van der Waals surface area contributed by atoms with E-state index in [-0.39, 0.29) is 0 Å². The van der Waals surface area contributed by atoms with Crippen molar-refractivity contribution in [1.29, 1.82) is 0 Å². The zero-order valence-corrected chi connectivity index (χ0v) is 10.1. The van der Waals surface area contributed by atoms with Gasteiger partial charge in [0.25, 0.3) is 5.92 Å². The number of anilines is 1. The van der Waals surface area contributed by atoms with Crippen molar-refractivity contribution in [1.82, 2.24) is 10.2 Å². The molecule has 4 rings (SSSR count). The minimum Gasteiger partial charge on any atom is -0.354 e. The van der Waals surface area contributed by atoms with E-state index in [4.69, 9.17) is 11.6 Å². The molecule has 3 nitrogen and oxygen atoms in total. The molecule has 94 valence electrons. The van der Waals surface area contributed by atoms with Crippen LogP contribution < -0.4 is 4.90 Å². The van der Waals surface area contributed by atoms with Gasteiger partial charge in [0.2, 0.25) is 0 Å². The number of hydrogen-bond acceptors (Lipinski definition) is 2. The highest BCUT2D eigenvalue weighted by Crippen LogP contribution is 2.59. The van der Waals surface area contributed by atoms with E-state index in [1.54, 1.807) is 6.07 Å². The van der Waals surface area contributed by atoms with Crippen molar-refractivity contribution in [3.8, 4) is 0 Å². The molecule has 1 N–H and O–H groups in total. The molecule has 1 aromatic heterocycles. The number of halogens is 3.